The quantitative estimate of drug-likeness (QED) is 0.367. The number of hydrogen-bond acceptors (Lipinski definition) is 8. The summed E-state index contributed by atoms with van der Waals surface area (Å²) in [6, 6.07) is 8.05. The maximum atomic E-state index is 10.2. The average Bonchev–Trinajstić information content (AvgIpc) is 2.77. The molecule has 9 heteroatoms. The number of aromatic hydroxyl groups is 2. The van der Waals surface area contributed by atoms with Gasteiger partial charge in [0.2, 0.25) is 0 Å². The number of aliphatic imine (C=N–C) groups is 2. The molecule has 0 bridgehead atoms. The van der Waals surface area contributed by atoms with Crippen LogP contribution in [0.4, 0.5) is 0 Å². The van der Waals surface area contributed by atoms with Crippen LogP contribution in [0, 0.1) is 13.8 Å². The maximum absolute atomic E-state index is 10.2. The summed E-state index contributed by atoms with van der Waals surface area (Å²) in [5, 5.41) is 38.3. The van der Waals surface area contributed by atoms with Gasteiger partial charge in [0.15, 0.2) is 0 Å². The van der Waals surface area contributed by atoms with E-state index in [1.165, 1.54) is 11.1 Å². The van der Waals surface area contributed by atoms with Crippen molar-refractivity contribution in [3.63, 3.8) is 0 Å². The smallest absolute Gasteiger partial charge is 0.550 e. The molecular formula is C29H40CoN2O6. The monoisotopic (exact) mass is 571 g/mol. The number of aliphatic carboxylic acids is 2. The first-order valence-corrected chi connectivity index (χ1v) is 12.2. The molecule has 0 heterocycles. The summed E-state index contributed by atoms with van der Waals surface area (Å²) in [6.45, 7) is 15.6. The summed E-state index contributed by atoms with van der Waals surface area (Å²) in [5.41, 5.74) is 5.68. The van der Waals surface area contributed by atoms with Gasteiger partial charge >= 0.3 is 16.8 Å². The third-order valence-corrected chi connectivity index (χ3v) is 5.07. The number of rotatable bonds is 8. The molecule has 2 rings (SSSR count). The Morgan fingerprint density at radius 1 is 0.763 bits per heavy atom. The SMILES string of the molecule is CC(=O)[O-].CC(=O)[O-].Cc1cc(C(C)C)cc(C=NCCCN=Cc2cc(C(C)C)cc(C)c2O)c1O.[Co+2]. The topological polar surface area (TPSA) is 145 Å². The molecule has 0 aromatic heterocycles. The summed E-state index contributed by atoms with van der Waals surface area (Å²) in [7, 11) is 0. The second-order valence-corrected chi connectivity index (χ2v) is 9.27. The molecule has 0 aliphatic heterocycles. The van der Waals surface area contributed by atoms with Crippen molar-refractivity contribution in [1.82, 2.24) is 0 Å². The number of carboxylic acids is 2. The van der Waals surface area contributed by atoms with Crippen LogP contribution in [0.25, 0.3) is 0 Å². The number of benzene rings is 2. The minimum absolute atomic E-state index is 0. The number of carboxylic acid groups (broad SMARTS) is 2. The fraction of sp³-hybridized carbons (Fsp3) is 0.448. The Bertz CT molecular complexity index is 1000. The van der Waals surface area contributed by atoms with Crippen molar-refractivity contribution >= 4 is 24.4 Å². The molecule has 0 fully saturated rings. The van der Waals surface area contributed by atoms with E-state index in [4.69, 9.17) is 19.8 Å². The first-order valence-electron chi connectivity index (χ1n) is 12.2. The van der Waals surface area contributed by atoms with E-state index in [1.54, 1.807) is 12.4 Å². The van der Waals surface area contributed by atoms with Crippen molar-refractivity contribution in [3.05, 3.63) is 57.6 Å². The largest absolute Gasteiger partial charge is 2.00 e. The van der Waals surface area contributed by atoms with Crippen molar-refractivity contribution in [2.75, 3.05) is 13.1 Å². The van der Waals surface area contributed by atoms with Gasteiger partial charge in [-0.1, -0.05) is 39.8 Å². The van der Waals surface area contributed by atoms with Gasteiger partial charge in [0.1, 0.15) is 11.5 Å². The molecule has 0 aliphatic carbocycles. The Balaban J connectivity index is 0. The van der Waals surface area contributed by atoms with Crippen molar-refractivity contribution in [2.24, 2.45) is 9.98 Å². The van der Waals surface area contributed by atoms with Crippen molar-refractivity contribution in [1.29, 1.82) is 0 Å². The summed E-state index contributed by atoms with van der Waals surface area (Å²) in [5.74, 6) is -0.755. The Morgan fingerprint density at radius 3 is 1.32 bits per heavy atom. The van der Waals surface area contributed by atoms with E-state index in [9.17, 15) is 10.2 Å². The van der Waals surface area contributed by atoms with Crippen LogP contribution >= 0.6 is 0 Å². The minimum atomic E-state index is -1.08. The van der Waals surface area contributed by atoms with Crippen LogP contribution in [0.15, 0.2) is 34.3 Å². The molecule has 0 aliphatic rings. The van der Waals surface area contributed by atoms with E-state index in [0.717, 1.165) is 42.5 Å². The van der Waals surface area contributed by atoms with E-state index < -0.39 is 11.9 Å². The van der Waals surface area contributed by atoms with Gasteiger partial charge in [0.25, 0.3) is 0 Å². The van der Waals surface area contributed by atoms with Gasteiger partial charge in [-0.05, 0) is 80.3 Å². The van der Waals surface area contributed by atoms with Crippen molar-refractivity contribution < 1.29 is 46.8 Å². The van der Waals surface area contributed by atoms with Crippen LogP contribution in [-0.2, 0) is 26.4 Å². The fourth-order valence-corrected chi connectivity index (χ4v) is 3.11. The number of carbonyl (C=O) groups is 2. The van der Waals surface area contributed by atoms with E-state index in [1.807, 2.05) is 38.1 Å². The molecule has 211 valence electrons. The first kappa shape index (κ1) is 37.0. The summed E-state index contributed by atoms with van der Waals surface area (Å²) in [4.78, 5) is 26.7. The number of nitrogens with zero attached hydrogens (tertiary/aromatic N) is 2. The van der Waals surface area contributed by atoms with Gasteiger partial charge in [0, 0.05) is 48.6 Å². The van der Waals surface area contributed by atoms with Crippen molar-refractivity contribution in [3.8, 4) is 11.5 Å². The third kappa shape index (κ3) is 15.2. The predicted molar refractivity (Wildman–Crippen MR) is 145 cm³/mol. The summed E-state index contributed by atoms with van der Waals surface area (Å²) >= 11 is 0. The van der Waals surface area contributed by atoms with Gasteiger partial charge in [-0.25, -0.2) is 0 Å². The van der Waals surface area contributed by atoms with Gasteiger partial charge in [-0.15, -0.1) is 0 Å². The predicted octanol–water partition coefficient (Wildman–Crippen LogP) is 3.40. The van der Waals surface area contributed by atoms with Crippen LogP contribution in [0.5, 0.6) is 11.5 Å². The molecule has 0 saturated carbocycles. The number of aryl methyl sites for hydroxylation is 2. The van der Waals surface area contributed by atoms with Crippen LogP contribution in [0.2, 0.25) is 0 Å². The number of carbonyl (C=O) groups excluding carboxylic acids is 2. The fourth-order valence-electron chi connectivity index (χ4n) is 3.11. The Kier molecular flexibility index (Phi) is 18.5. The molecule has 2 aromatic carbocycles. The number of phenolic OH excluding ortho intramolecular Hbond substituents is 2. The number of phenols is 2. The molecule has 0 amide bonds. The Labute approximate surface area is 236 Å². The minimum Gasteiger partial charge on any atom is -0.550 e. The standard InChI is InChI=1S/C25H34N2O2.2C2H4O2.Co/c1-16(2)20-10-18(5)24(28)22(12-20)14-26-8-7-9-27-15-23-13-21(17(3)4)11-19(6)25(23)29;2*1-2(3)4;/h10-17,28-29H,7-9H2,1-6H3;2*1H3,(H,3,4);/q;;;+2/p-2. The van der Waals surface area contributed by atoms with E-state index >= 15 is 0 Å². The van der Waals surface area contributed by atoms with Gasteiger partial charge < -0.3 is 30.0 Å². The molecule has 2 aromatic rings. The van der Waals surface area contributed by atoms with Crippen LogP contribution in [0.3, 0.4) is 0 Å². The second-order valence-electron chi connectivity index (χ2n) is 9.27. The van der Waals surface area contributed by atoms with E-state index in [-0.39, 0.29) is 16.8 Å². The molecule has 0 saturated heterocycles. The molecule has 8 nitrogen and oxygen atoms in total. The molecule has 0 atom stereocenters. The molecule has 38 heavy (non-hydrogen) atoms. The third-order valence-electron chi connectivity index (χ3n) is 5.07. The van der Waals surface area contributed by atoms with Gasteiger partial charge in [-0.3, -0.25) is 9.98 Å². The Morgan fingerprint density at radius 2 is 1.05 bits per heavy atom. The second kappa shape index (κ2) is 19.0. The molecule has 0 spiro atoms. The zero-order chi connectivity index (χ0) is 28.7. The molecule has 2 N–H and O–H groups in total. The zero-order valence-corrected chi connectivity index (χ0v) is 24.5. The van der Waals surface area contributed by atoms with Crippen molar-refractivity contribution in [2.45, 2.75) is 73.6 Å². The molecule has 1 radical (unpaired) electrons. The first-order chi connectivity index (χ1) is 17.2. The Hall–Kier alpha value is -3.17. The number of hydrogen-bond donors (Lipinski definition) is 2. The zero-order valence-electron chi connectivity index (χ0n) is 23.5. The van der Waals surface area contributed by atoms with Gasteiger partial charge in [-0.2, -0.15) is 0 Å². The van der Waals surface area contributed by atoms with E-state index in [0.29, 0.717) is 36.4 Å². The average molecular weight is 572 g/mol. The van der Waals surface area contributed by atoms with Crippen LogP contribution in [-0.4, -0.2) is 47.7 Å². The van der Waals surface area contributed by atoms with E-state index in [2.05, 4.69) is 37.7 Å². The normalized spacial score (nSPS) is 10.6. The summed E-state index contributed by atoms with van der Waals surface area (Å²) < 4.78 is 0. The molecule has 0 unspecified atom stereocenters. The van der Waals surface area contributed by atoms with Crippen LogP contribution in [0.1, 0.15) is 93.2 Å². The molecular weight excluding hydrogens is 531 g/mol. The summed E-state index contributed by atoms with van der Waals surface area (Å²) in [6.07, 6.45) is 4.30. The van der Waals surface area contributed by atoms with Crippen LogP contribution < -0.4 is 10.2 Å². The van der Waals surface area contributed by atoms with Gasteiger partial charge in [0.05, 0.1) is 0 Å². The maximum Gasteiger partial charge on any atom is 2.00 e.